The number of thiophene rings is 1. The minimum Gasteiger partial charge on any atom is -0.507 e. The van der Waals surface area contributed by atoms with E-state index in [1.807, 2.05) is 60.8 Å². The highest BCUT2D eigenvalue weighted by Gasteiger charge is 2.54. The maximum absolute atomic E-state index is 13.4. The third kappa shape index (κ3) is 5.17. The first-order chi connectivity index (χ1) is 18.8. The molecular formula is C31H33NO6S. The molecule has 5 rings (SSSR count). The molecule has 4 atom stereocenters. The van der Waals surface area contributed by atoms with Crippen molar-refractivity contribution in [2.75, 3.05) is 13.2 Å². The molecule has 8 heteroatoms. The number of rotatable bonds is 9. The number of carbonyl (C=O) groups is 2. The lowest BCUT2D eigenvalue weighted by Gasteiger charge is -2.36. The standard InChI is InChI=1S/C31H33NO6S/c1-18(13-19-9-11-26(35)23-7-3-2-6-22(19)23)8-10-27(36)28-20(16-33)14-24-29(25(28)17-34)31(38)32(30(24)37)15-21-5-4-12-39-21/h2-7,9,11-13,24-25,27,29,33-36H,8,10,14-17H2,1H3/b18-13+/t24-,25+,27-,29-/m1/s1. The van der Waals surface area contributed by atoms with Gasteiger partial charge in [-0.05, 0) is 65.8 Å². The second-order valence-corrected chi connectivity index (χ2v) is 11.5. The molecule has 1 saturated heterocycles. The number of amides is 2. The number of imide groups is 1. The van der Waals surface area contributed by atoms with Crippen LogP contribution in [0.25, 0.3) is 16.8 Å². The predicted molar refractivity (Wildman–Crippen MR) is 151 cm³/mol. The monoisotopic (exact) mass is 547 g/mol. The van der Waals surface area contributed by atoms with Gasteiger partial charge in [-0.25, -0.2) is 0 Å². The van der Waals surface area contributed by atoms with Crippen LogP contribution >= 0.6 is 11.3 Å². The van der Waals surface area contributed by atoms with E-state index in [2.05, 4.69) is 0 Å². The zero-order valence-electron chi connectivity index (χ0n) is 21.8. The van der Waals surface area contributed by atoms with Gasteiger partial charge in [0.15, 0.2) is 0 Å². The third-order valence-electron chi connectivity index (χ3n) is 8.06. The molecule has 3 aromatic rings. The van der Waals surface area contributed by atoms with Crippen molar-refractivity contribution in [1.82, 2.24) is 4.90 Å². The number of phenolic OH excluding ortho intramolecular Hbond substituents is 1. The van der Waals surface area contributed by atoms with Gasteiger partial charge in [-0.15, -0.1) is 11.3 Å². The fourth-order valence-corrected chi connectivity index (χ4v) is 6.87. The fraction of sp³-hybridized carbons (Fsp3) is 0.355. The first-order valence-corrected chi connectivity index (χ1v) is 14.1. The van der Waals surface area contributed by atoms with E-state index >= 15 is 0 Å². The molecule has 0 saturated carbocycles. The van der Waals surface area contributed by atoms with Crippen molar-refractivity contribution in [2.45, 2.75) is 38.8 Å². The summed E-state index contributed by atoms with van der Waals surface area (Å²) in [5.74, 6) is -2.50. The van der Waals surface area contributed by atoms with Crippen LogP contribution in [0.5, 0.6) is 5.75 Å². The van der Waals surface area contributed by atoms with E-state index in [-0.39, 0.29) is 37.1 Å². The fourth-order valence-electron chi connectivity index (χ4n) is 6.17. The van der Waals surface area contributed by atoms with Crippen LogP contribution in [0.2, 0.25) is 0 Å². The van der Waals surface area contributed by atoms with E-state index in [4.69, 9.17) is 0 Å². The molecule has 0 unspecified atom stereocenters. The van der Waals surface area contributed by atoms with Crippen LogP contribution in [-0.2, 0) is 16.1 Å². The Kier molecular flexibility index (Phi) is 8.00. The second kappa shape index (κ2) is 11.4. The van der Waals surface area contributed by atoms with Crippen molar-refractivity contribution in [1.29, 1.82) is 0 Å². The number of carbonyl (C=O) groups excluding carboxylic acids is 2. The summed E-state index contributed by atoms with van der Waals surface area (Å²) in [5, 5.41) is 45.6. The number of aliphatic hydroxyl groups is 3. The predicted octanol–water partition coefficient (Wildman–Crippen LogP) is 4.25. The highest BCUT2D eigenvalue weighted by molar-refractivity contribution is 7.09. The summed E-state index contributed by atoms with van der Waals surface area (Å²) in [6.45, 7) is 1.44. The zero-order chi connectivity index (χ0) is 27.7. The zero-order valence-corrected chi connectivity index (χ0v) is 22.6. The number of aliphatic hydroxyl groups excluding tert-OH is 3. The SMILES string of the molecule is C/C(=C\c1ccc(O)c2ccccc12)CC[C@@H](O)C1=C(CO)C[C@H]2C(=O)N(Cc3cccs3)C(=O)[C@H]2[C@H]1CO. The first kappa shape index (κ1) is 27.3. The number of likely N-dealkylation sites (tertiary alicyclic amines) is 1. The lowest BCUT2D eigenvalue weighted by atomic mass is 9.68. The smallest absolute Gasteiger partial charge is 0.234 e. The van der Waals surface area contributed by atoms with Crippen LogP contribution in [-0.4, -0.2) is 56.5 Å². The summed E-state index contributed by atoms with van der Waals surface area (Å²) in [4.78, 5) is 28.8. The number of hydrogen-bond acceptors (Lipinski definition) is 7. The van der Waals surface area contributed by atoms with Gasteiger partial charge in [0.2, 0.25) is 11.8 Å². The summed E-state index contributed by atoms with van der Waals surface area (Å²) in [7, 11) is 0. The Balaban J connectivity index is 1.35. The van der Waals surface area contributed by atoms with Crippen LogP contribution in [0.1, 0.15) is 36.6 Å². The van der Waals surface area contributed by atoms with Gasteiger partial charge in [0.1, 0.15) is 5.75 Å². The van der Waals surface area contributed by atoms with E-state index in [1.165, 1.54) is 16.2 Å². The first-order valence-electron chi connectivity index (χ1n) is 13.2. The Morgan fingerprint density at radius 3 is 2.54 bits per heavy atom. The van der Waals surface area contributed by atoms with Crippen LogP contribution in [0, 0.1) is 17.8 Å². The molecule has 2 amide bonds. The summed E-state index contributed by atoms with van der Waals surface area (Å²) >= 11 is 1.47. The molecule has 1 fully saturated rings. The summed E-state index contributed by atoms with van der Waals surface area (Å²) in [6.07, 6.45) is 2.13. The van der Waals surface area contributed by atoms with E-state index in [0.717, 1.165) is 26.8 Å². The molecule has 1 aromatic heterocycles. The Morgan fingerprint density at radius 1 is 1.08 bits per heavy atom. The highest BCUT2D eigenvalue weighted by atomic mass is 32.1. The van der Waals surface area contributed by atoms with Gasteiger partial charge < -0.3 is 20.4 Å². The number of allylic oxidation sites excluding steroid dienone is 1. The Morgan fingerprint density at radius 2 is 1.85 bits per heavy atom. The van der Waals surface area contributed by atoms with Crippen molar-refractivity contribution >= 4 is 40.0 Å². The minimum absolute atomic E-state index is 0.197. The van der Waals surface area contributed by atoms with Crippen LogP contribution in [0.15, 0.2) is 70.6 Å². The average Bonchev–Trinajstić information content (AvgIpc) is 3.55. The molecule has 204 valence electrons. The lowest BCUT2D eigenvalue weighted by Crippen LogP contribution is -2.39. The van der Waals surface area contributed by atoms with Gasteiger partial charge in [-0.3, -0.25) is 14.5 Å². The number of aromatic hydroxyl groups is 1. The molecule has 1 aliphatic heterocycles. The van der Waals surface area contributed by atoms with Gasteiger partial charge in [-0.2, -0.15) is 0 Å². The van der Waals surface area contributed by atoms with Gasteiger partial charge in [-0.1, -0.05) is 48.0 Å². The average molecular weight is 548 g/mol. The molecule has 4 N–H and O–H groups in total. The quantitative estimate of drug-likeness (QED) is 0.235. The number of benzene rings is 2. The Bertz CT molecular complexity index is 1440. The maximum Gasteiger partial charge on any atom is 0.234 e. The van der Waals surface area contributed by atoms with E-state index in [1.54, 1.807) is 6.07 Å². The van der Waals surface area contributed by atoms with Crippen LogP contribution in [0.3, 0.4) is 0 Å². The molecule has 0 spiro atoms. The molecule has 2 heterocycles. The maximum atomic E-state index is 13.4. The molecule has 7 nitrogen and oxygen atoms in total. The number of phenols is 1. The van der Waals surface area contributed by atoms with Gasteiger partial charge in [0.05, 0.1) is 37.7 Å². The number of fused-ring (bicyclic) bond motifs is 2. The van der Waals surface area contributed by atoms with Gasteiger partial charge >= 0.3 is 0 Å². The second-order valence-electron chi connectivity index (χ2n) is 10.4. The Hall–Kier alpha value is -3.30. The number of hydrogen-bond donors (Lipinski definition) is 4. The van der Waals surface area contributed by atoms with Crippen molar-refractivity contribution < 1.29 is 30.0 Å². The molecule has 39 heavy (non-hydrogen) atoms. The molecule has 1 aliphatic carbocycles. The van der Waals surface area contributed by atoms with Crippen molar-refractivity contribution in [3.63, 3.8) is 0 Å². The topological polar surface area (TPSA) is 118 Å². The third-order valence-corrected chi connectivity index (χ3v) is 8.93. The molecule has 2 aromatic carbocycles. The van der Waals surface area contributed by atoms with Gasteiger partial charge in [0, 0.05) is 16.2 Å². The summed E-state index contributed by atoms with van der Waals surface area (Å²) in [6, 6.07) is 14.9. The van der Waals surface area contributed by atoms with Gasteiger partial charge in [0.25, 0.3) is 0 Å². The molecule has 0 bridgehead atoms. The lowest BCUT2D eigenvalue weighted by molar-refractivity contribution is -0.140. The molecule has 0 radical (unpaired) electrons. The summed E-state index contributed by atoms with van der Waals surface area (Å²) in [5.41, 5.74) is 3.00. The van der Waals surface area contributed by atoms with Crippen molar-refractivity contribution in [3.05, 3.63) is 81.1 Å². The van der Waals surface area contributed by atoms with E-state index in [0.29, 0.717) is 24.0 Å². The normalized spacial score (nSPS) is 22.6. The summed E-state index contributed by atoms with van der Waals surface area (Å²) < 4.78 is 0. The largest absolute Gasteiger partial charge is 0.507 e. The number of nitrogens with zero attached hydrogens (tertiary/aromatic N) is 1. The van der Waals surface area contributed by atoms with E-state index < -0.39 is 30.5 Å². The van der Waals surface area contributed by atoms with E-state index in [9.17, 15) is 30.0 Å². The Labute approximate surface area is 231 Å². The van der Waals surface area contributed by atoms with Crippen molar-refractivity contribution in [2.24, 2.45) is 17.8 Å². The van der Waals surface area contributed by atoms with Crippen LogP contribution in [0.4, 0.5) is 0 Å². The molecule has 2 aliphatic rings. The van der Waals surface area contributed by atoms with Crippen LogP contribution < -0.4 is 0 Å². The highest BCUT2D eigenvalue weighted by Crippen LogP contribution is 2.46. The van der Waals surface area contributed by atoms with Crippen molar-refractivity contribution in [3.8, 4) is 5.75 Å². The minimum atomic E-state index is -0.973. The molecular weight excluding hydrogens is 514 g/mol.